The summed E-state index contributed by atoms with van der Waals surface area (Å²) in [5.74, 6) is -2.51. The number of aliphatic carboxylic acids is 1. The van der Waals surface area contributed by atoms with E-state index in [1.807, 2.05) is 6.07 Å². The summed E-state index contributed by atoms with van der Waals surface area (Å²) in [4.78, 5) is 35.4. The van der Waals surface area contributed by atoms with Crippen molar-refractivity contribution in [2.45, 2.75) is 13.0 Å². The van der Waals surface area contributed by atoms with Gasteiger partial charge in [-0.15, -0.1) is 0 Å². The van der Waals surface area contributed by atoms with Crippen molar-refractivity contribution in [3.63, 3.8) is 0 Å². The number of hydrogen-bond acceptors (Lipinski definition) is 4. The van der Waals surface area contributed by atoms with Crippen LogP contribution in [0.5, 0.6) is 0 Å². The summed E-state index contributed by atoms with van der Waals surface area (Å²) in [6.45, 7) is 1.32. The molecule has 0 aliphatic heterocycles. The standard InChI is InChI=1S/C17H15BrN2O5/c1-10(17(23)24)19-15(21)13(9-11-4-2-5-12(18)8-11)20-16(22)14-6-3-7-25-14/h2-10H,1H3,(H,19,21)(H,20,22)(H,23,24)/b13-9-/t10-/m1/s1. The molecule has 130 valence electrons. The number of furan rings is 1. The molecule has 8 heteroatoms. The molecule has 1 aromatic carbocycles. The normalized spacial score (nSPS) is 12.3. The number of nitrogens with one attached hydrogen (secondary N) is 2. The lowest BCUT2D eigenvalue weighted by molar-refractivity contribution is -0.140. The van der Waals surface area contributed by atoms with Crippen LogP contribution in [0.1, 0.15) is 23.0 Å². The molecule has 0 aliphatic carbocycles. The maximum atomic E-state index is 12.4. The van der Waals surface area contributed by atoms with Crippen LogP contribution in [0.3, 0.4) is 0 Å². The second-order valence-electron chi connectivity index (χ2n) is 5.08. The Morgan fingerprint density at radius 3 is 2.60 bits per heavy atom. The van der Waals surface area contributed by atoms with Crippen molar-refractivity contribution >= 4 is 39.8 Å². The van der Waals surface area contributed by atoms with Gasteiger partial charge in [0.15, 0.2) is 5.76 Å². The molecule has 25 heavy (non-hydrogen) atoms. The van der Waals surface area contributed by atoms with E-state index in [1.54, 1.807) is 24.3 Å². The zero-order valence-electron chi connectivity index (χ0n) is 13.2. The highest BCUT2D eigenvalue weighted by atomic mass is 79.9. The number of carboxylic acid groups (broad SMARTS) is 1. The van der Waals surface area contributed by atoms with Gasteiger partial charge in [0.05, 0.1) is 6.26 Å². The van der Waals surface area contributed by atoms with Gasteiger partial charge in [-0.25, -0.2) is 0 Å². The maximum absolute atomic E-state index is 12.4. The smallest absolute Gasteiger partial charge is 0.325 e. The third-order valence-corrected chi connectivity index (χ3v) is 3.61. The fourth-order valence-electron chi connectivity index (χ4n) is 1.85. The lowest BCUT2D eigenvalue weighted by Crippen LogP contribution is -2.42. The maximum Gasteiger partial charge on any atom is 0.325 e. The number of rotatable bonds is 6. The summed E-state index contributed by atoms with van der Waals surface area (Å²) in [6.07, 6.45) is 2.77. The summed E-state index contributed by atoms with van der Waals surface area (Å²) >= 11 is 3.32. The van der Waals surface area contributed by atoms with Gasteiger partial charge in [0.1, 0.15) is 11.7 Å². The van der Waals surface area contributed by atoms with E-state index in [-0.39, 0.29) is 11.5 Å². The number of carbonyl (C=O) groups is 3. The fourth-order valence-corrected chi connectivity index (χ4v) is 2.27. The van der Waals surface area contributed by atoms with Crippen LogP contribution in [0.2, 0.25) is 0 Å². The number of amides is 2. The predicted molar refractivity (Wildman–Crippen MR) is 93.5 cm³/mol. The molecule has 0 saturated heterocycles. The van der Waals surface area contributed by atoms with Crippen LogP contribution < -0.4 is 10.6 Å². The highest BCUT2D eigenvalue weighted by Gasteiger charge is 2.20. The van der Waals surface area contributed by atoms with E-state index in [2.05, 4.69) is 26.6 Å². The Labute approximate surface area is 151 Å². The molecule has 7 nitrogen and oxygen atoms in total. The van der Waals surface area contributed by atoms with Crippen LogP contribution in [0, 0.1) is 0 Å². The Morgan fingerprint density at radius 2 is 2.00 bits per heavy atom. The van der Waals surface area contributed by atoms with E-state index < -0.39 is 23.8 Å². The quantitative estimate of drug-likeness (QED) is 0.638. The van der Waals surface area contributed by atoms with Gasteiger partial charge >= 0.3 is 5.97 Å². The Bertz CT molecular complexity index is 814. The van der Waals surface area contributed by atoms with Crippen molar-refractivity contribution in [3.8, 4) is 0 Å². The second kappa shape index (κ2) is 8.29. The largest absolute Gasteiger partial charge is 0.480 e. The van der Waals surface area contributed by atoms with Gasteiger partial charge in [-0.05, 0) is 42.8 Å². The van der Waals surface area contributed by atoms with Gasteiger partial charge in [-0.3, -0.25) is 14.4 Å². The van der Waals surface area contributed by atoms with E-state index in [0.29, 0.717) is 5.56 Å². The lowest BCUT2D eigenvalue weighted by atomic mass is 10.1. The average Bonchev–Trinajstić information content (AvgIpc) is 3.08. The molecule has 1 aromatic heterocycles. The van der Waals surface area contributed by atoms with Crippen LogP contribution in [-0.2, 0) is 9.59 Å². The first-order valence-corrected chi connectivity index (χ1v) is 8.02. The second-order valence-corrected chi connectivity index (χ2v) is 5.99. The summed E-state index contributed by atoms with van der Waals surface area (Å²) in [7, 11) is 0. The van der Waals surface area contributed by atoms with Crippen molar-refractivity contribution < 1.29 is 23.9 Å². The molecule has 1 atom stereocenters. The SMILES string of the molecule is C[C@@H](NC(=O)/C(=C/c1cccc(Br)c1)NC(=O)c1ccco1)C(=O)O. The van der Waals surface area contributed by atoms with Crippen LogP contribution in [0.15, 0.2) is 57.2 Å². The number of carbonyl (C=O) groups excluding carboxylic acids is 2. The van der Waals surface area contributed by atoms with Crippen molar-refractivity contribution in [3.05, 3.63) is 64.2 Å². The van der Waals surface area contributed by atoms with E-state index in [1.165, 1.54) is 25.3 Å². The first-order valence-electron chi connectivity index (χ1n) is 7.22. The fraction of sp³-hybridized carbons (Fsp3) is 0.118. The minimum atomic E-state index is -1.19. The summed E-state index contributed by atoms with van der Waals surface area (Å²) < 4.78 is 5.78. The molecular formula is C17H15BrN2O5. The number of hydrogen-bond donors (Lipinski definition) is 3. The Morgan fingerprint density at radius 1 is 1.24 bits per heavy atom. The van der Waals surface area contributed by atoms with Gasteiger partial charge in [-0.1, -0.05) is 28.1 Å². The van der Waals surface area contributed by atoms with Crippen molar-refractivity contribution in [1.82, 2.24) is 10.6 Å². The zero-order chi connectivity index (χ0) is 18.4. The highest BCUT2D eigenvalue weighted by Crippen LogP contribution is 2.14. The van der Waals surface area contributed by atoms with Gasteiger partial charge in [0, 0.05) is 4.47 Å². The van der Waals surface area contributed by atoms with Gasteiger partial charge < -0.3 is 20.2 Å². The van der Waals surface area contributed by atoms with Crippen LogP contribution >= 0.6 is 15.9 Å². The molecular weight excluding hydrogens is 392 g/mol. The van der Waals surface area contributed by atoms with Crippen LogP contribution in [-0.4, -0.2) is 28.9 Å². The molecule has 2 rings (SSSR count). The third kappa shape index (κ3) is 5.32. The van der Waals surface area contributed by atoms with E-state index >= 15 is 0 Å². The molecule has 3 N–H and O–H groups in total. The lowest BCUT2D eigenvalue weighted by Gasteiger charge is -2.13. The average molecular weight is 407 g/mol. The Kier molecular flexibility index (Phi) is 6.13. The van der Waals surface area contributed by atoms with Gasteiger partial charge in [0.2, 0.25) is 0 Å². The molecule has 0 aliphatic rings. The first-order chi connectivity index (χ1) is 11.9. The van der Waals surface area contributed by atoms with E-state index in [4.69, 9.17) is 9.52 Å². The number of halogens is 1. The van der Waals surface area contributed by atoms with E-state index in [9.17, 15) is 14.4 Å². The molecule has 0 bridgehead atoms. The van der Waals surface area contributed by atoms with Gasteiger partial charge in [0.25, 0.3) is 11.8 Å². The van der Waals surface area contributed by atoms with Gasteiger partial charge in [-0.2, -0.15) is 0 Å². The molecule has 0 spiro atoms. The van der Waals surface area contributed by atoms with Crippen molar-refractivity contribution in [1.29, 1.82) is 0 Å². The predicted octanol–water partition coefficient (Wildman–Crippen LogP) is 2.40. The summed E-state index contributed by atoms with van der Waals surface area (Å²) in [5, 5.41) is 13.7. The molecule has 0 fully saturated rings. The van der Waals surface area contributed by atoms with Crippen molar-refractivity contribution in [2.75, 3.05) is 0 Å². The third-order valence-electron chi connectivity index (χ3n) is 3.12. The molecule has 0 radical (unpaired) electrons. The van der Waals surface area contributed by atoms with Crippen LogP contribution in [0.4, 0.5) is 0 Å². The minimum Gasteiger partial charge on any atom is -0.480 e. The minimum absolute atomic E-state index is 0.0271. The molecule has 1 heterocycles. The molecule has 2 aromatic rings. The topological polar surface area (TPSA) is 109 Å². The summed E-state index contributed by atoms with van der Waals surface area (Å²) in [6, 6.07) is 8.93. The monoisotopic (exact) mass is 406 g/mol. The molecule has 2 amide bonds. The zero-order valence-corrected chi connectivity index (χ0v) is 14.7. The van der Waals surface area contributed by atoms with Crippen LogP contribution in [0.25, 0.3) is 6.08 Å². The molecule has 0 saturated carbocycles. The number of carboxylic acids is 1. The van der Waals surface area contributed by atoms with E-state index in [0.717, 1.165) is 4.47 Å². The number of benzene rings is 1. The van der Waals surface area contributed by atoms with Crippen molar-refractivity contribution in [2.24, 2.45) is 0 Å². The molecule has 0 unspecified atom stereocenters. The Hall–Kier alpha value is -2.87. The Balaban J connectivity index is 2.28. The highest BCUT2D eigenvalue weighted by molar-refractivity contribution is 9.10. The summed E-state index contributed by atoms with van der Waals surface area (Å²) in [5.41, 5.74) is 0.537. The first kappa shape index (κ1) is 18.5.